The lowest BCUT2D eigenvalue weighted by molar-refractivity contribution is -0.142. The molecule has 0 spiro atoms. The number of para-hydroxylation sites is 1. The molecule has 28 heavy (non-hydrogen) atoms. The lowest BCUT2D eigenvalue weighted by Crippen LogP contribution is -2.47. The normalized spacial score (nSPS) is 17.8. The number of hydrogen-bond donors (Lipinski definition) is 2. The van der Waals surface area contributed by atoms with E-state index in [4.69, 9.17) is 4.74 Å². The van der Waals surface area contributed by atoms with Crippen molar-refractivity contribution < 1.29 is 24.2 Å². The Bertz CT molecular complexity index is 662. The van der Waals surface area contributed by atoms with E-state index in [0.29, 0.717) is 31.7 Å². The number of nitrogens with zero attached hydrogens (tertiary/aromatic N) is 1. The van der Waals surface area contributed by atoms with E-state index in [0.717, 1.165) is 6.42 Å². The van der Waals surface area contributed by atoms with Gasteiger partial charge >= 0.3 is 5.97 Å². The summed E-state index contributed by atoms with van der Waals surface area (Å²) < 4.78 is 5.50. The van der Waals surface area contributed by atoms with Gasteiger partial charge in [-0.3, -0.25) is 14.4 Å². The quantitative estimate of drug-likeness (QED) is 0.674. The molecule has 1 aliphatic rings. The molecule has 7 heteroatoms. The number of carboxylic acids is 1. The van der Waals surface area contributed by atoms with Crippen molar-refractivity contribution in [2.24, 2.45) is 17.8 Å². The zero-order chi connectivity index (χ0) is 20.5. The van der Waals surface area contributed by atoms with Crippen LogP contribution in [0.3, 0.4) is 0 Å². The van der Waals surface area contributed by atoms with Crippen LogP contribution in [0.1, 0.15) is 33.1 Å². The van der Waals surface area contributed by atoms with E-state index in [9.17, 15) is 19.5 Å². The number of likely N-dealkylation sites (tertiary alicyclic amines) is 1. The molecule has 2 amide bonds. The Morgan fingerprint density at radius 1 is 1.25 bits per heavy atom. The number of ether oxygens (including phenoxy) is 1. The van der Waals surface area contributed by atoms with E-state index in [2.05, 4.69) is 5.32 Å². The summed E-state index contributed by atoms with van der Waals surface area (Å²) in [6.07, 6.45) is 1.95. The first-order chi connectivity index (χ1) is 13.4. The second-order valence-electron chi connectivity index (χ2n) is 7.69. The molecule has 2 atom stereocenters. The fourth-order valence-electron chi connectivity index (χ4n) is 3.38. The molecular formula is C21H30N2O5. The maximum absolute atomic E-state index is 12.5. The first kappa shape index (κ1) is 21.7. The van der Waals surface area contributed by atoms with Crippen LogP contribution in [0, 0.1) is 17.8 Å². The van der Waals surface area contributed by atoms with Gasteiger partial charge in [-0.1, -0.05) is 32.0 Å². The van der Waals surface area contributed by atoms with Crippen molar-refractivity contribution in [3.05, 3.63) is 30.3 Å². The maximum Gasteiger partial charge on any atom is 0.308 e. The Hall–Kier alpha value is -2.57. The van der Waals surface area contributed by atoms with Crippen molar-refractivity contribution in [2.75, 3.05) is 26.2 Å². The van der Waals surface area contributed by atoms with Gasteiger partial charge in [0.25, 0.3) is 5.91 Å². The van der Waals surface area contributed by atoms with E-state index in [-0.39, 0.29) is 36.8 Å². The van der Waals surface area contributed by atoms with Gasteiger partial charge in [0.1, 0.15) is 5.75 Å². The Balaban J connectivity index is 1.81. The number of piperidine rings is 1. The number of hydrogen-bond acceptors (Lipinski definition) is 4. The zero-order valence-corrected chi connectivity index (χ0v) is 16.6. The SMILES string of the molecule is CC(C)CC(CNC(=O)C1CCCN(C(=O)COc2ccccc2)C1)C(=O)O. The highest BCUT2D eigenvalue weighted by molar-refractivity contribution is 5.82. The second-order valence-corrected chi connectivity index (χ2v) is 7.69. The first-order valence-corrected chi connectivity index (χ1v) is 9.83. The highest BCUT2D eigenvalue weighted by Crippen LogP contribution is 2.18. The smallest absolute Gasteiger partial charge is 0.308 e. The molecule has 1 heterocycles. The van der Waals surface area contributed by atoms with Crippen molar-refractivity contribution in [1.29, 1.82) is 0 Å². The number of benzene rings is 1. The van der Waals surface area contributed by atoms with Crippen LogP contribution in [0.15, 0.2) is 30.3 Å². The van der Waals surface area contributed by atoms with Gasteiger partial charge in [-0.15, -0.1) is 0 Å². The first-order valence-electron chi connectivity index (χ1n) is 9.83. The number of nitrogens with one attached hydrogen (secondary N) is 1. The molecule has 7 nitrogen and oxygen atoms in total. The van der Waals surface area contributed by atoms with Crippen molar-refractivity contribution in [3.63, 3.8) is 0 Å². The Morgan fingerprint density at radius 2 is 1.96 bits per heavy atom. The minimum Gasteiger partial charge on any atom is -0.484 e. The van der Waals surface area contributed by atoms with Gasteiger partial charge < -0.3 is 20.1 Å². The third kappa shape index (κ3) is 6.87. The van der Waals surface area contributed by atoms with E-state index >= 15 is 0 Å². The van der Waals surface area contributed by atoms with Crippen LogP contribution < -0.4 is 10.1 Å². The van der Waals surface area contributed by atoms with Crippen LogP contribution in [-0.4, -0.2) is 54.0 Å². The molecule has 154 valence electrons. The summed E-state index contributed by atoms with van der Waals surface area (Å²) in [7, 11) is 0. The van der Waals surface area contributed by atoms with Crippen LogP contribution in [-0.2, 0) is 14.4 Å². The summed E-state index contributed by atoms with van der Waals surface area (Å²) in [6, 6.07) is 9.12. The Kier molecular flexibility index (Phi) is 8.29. The van der Waals surface area contributed by atoms with E-state index in [1.165, 1.54) is 0 Å². The molecule has 2 unspecified atom stereocenters. The molecule has 1 aliphatic heterocycles. The predicted octanol–water partition coefficient (Wildman–Crippen LogP) is 2.17. The third-order valence-electron chi connectivity index (χ3n) is 4.88. The molecule has 0 aromatic heterocycles. The molecule has 1 aromatic rings. The molecule has 0 bridgehead atoms. The van der Waals surface area contributed by atoms with Gasteiger partial charge in [0.2, 0.25) is 5.91 Å². The summed E-state index contributed by atoms with van der Waals surface area (Å²) in [5.41, 5.74) is 0. The predicted molar refractivity (Wildman–Crippen MR) is 105 cm³/mol. The van der Waals surface area contributed by atoms with Crippen LogP contribution >= 0.6 is 0 Å². The average molecular weight is 390 g/mol. The maximum atomic E-state index is 12.5. The highest BCUT2D eigenvalue weighted by Gasteiger charge is 2.29. The number of carbonyl (C=O) groups is 3. The van der Waals surface area contributed by atoms with Gasteiger partial charge in [-0.05, 0) is 37.3 Å². The fourth-order valence-corrected chi connectivity index (χ4v) is 3.38. The number of carbonyl (C=O) groups excluding carboxylic acids is 2. The summed E-state index contributed by atoms with van der Waals surface area (Å²) in [4.78, 5) is 37.9. The highest BCUT2D eigenvalue weighted by atomic mass is 16.5. The Labute approximate surface area is 166 Å². The number of aliphatic carboxylic acids is 1. The summed E-state index contributed by atoms with van der Waals surface area (Å²) in [5.74, 6) is -1.27. The van der Waals surface area contributed by atoms with Gasteiger partial charge in [0.15, 0.2) is 6.61 Å². The topological polar surface area (TPSA) is 95.9 Å². The number of rotatable bonds is 9. The second kappa shape index (κ2) is 10.7. The van der Waals surface area contributed by atoms with Crippen LogP contribution in [0.25, 0.3) is 0 Å². The Morgan fingerprint density at radius 3 is 2.61 bits per heavy atom. The monoisotopic (exact) mass is 390 g/mol. The van der Waals surface area contributed by atoms with Crippen molar-refractivity contribution in [2.45, 2.75) is 33.1 Å². The molecule has 1 saturated heterocycles. The summed E-state index contributed by atoms with van der Waals surface area (Å²) in [6.45, 7) is 4.91. The molecule has 2 N–H and O–H groups in total. The lowest BCUT2D eigenvalue weighted by atomic mass is 9.95. The molecule has 0 radical (unpaired) electrons. The van der Waals surface area contributed by atoms with Crippen molar-refractivity contribution >= 4 is 17.8 Å². The minimum atomic E-state index is -0.896. The van der Waals surface area contributed by atoms with Crippen LogP contribution in [0.2, 0.25) is 0 Å². The van der Waals surface area contributed by atoms with E-state index in [1.54, 1.807) is 17.0 Å². The summed E-state index contributed by atoms with van der Waals surface area (Å²) >= 11 is 0. The fraction of sp³-hybridized carbons (Fsp3) is 0.571. The van der Waals surface area contributed by atoms with Gasteiger partial charge in [-0.2, -0.15) is 0 Å². The lowest BCUT2D eigenvalue weighted by Gasteiger charge is -2.32. The van der Waals surface area contributed by atoms with Gasteiger partial charge in [-0.25, -0.2) is 0 Å². The van der Waals surface area contributed by atoms with E-state index in [1.807, 2.05) is 32.0 Å². The van der Waals surface area contributed by atoms with Crippen LogP contribution in [0.5, 0.6) is 5.75 Å². The molecular weight excluding hydrogens is 360 g/mol. The van der Waals surface area contributed by atoms with Crippen LogP contribution in [0.4, 0.5) is 0 Å². The number of amides is 2. The van der Waals surface area contributed by atoms with Crippen molar-refractivity contribution in [3.8, 4) is 5.75 Å². The zero-order valence-electron chi connectivity index (χ0n) is 16.6. The molecule has 0 saturated carbocycles. The van der Waals surface area contributed by atoms with Crippen molar-refractivity contribution in [1.82, 2.24) is 10.2 Å². The average Bonchev–Trinajstić information content (AvgIpc) is 2.69. The van der Waals surface area contributed by atoms with E-state index < -0.39 is 11.9 Å². The molecule has 1 aromatic carbocycles. The third-order valence-corrected chi connectivity index (χ3v) is 4.88. The molecule has 1 fully saturated rings. The molecule has 0 aliphatic carbocycles. The van der Waals surface area contributed by atoms with Gasteiger partial charge in [0.05, 0.1) is 11.8 Å². The van der Waals surface area contributed by atoms with Gasteiger partial charge in [0, 0.05) is 19.6 Å². The summed E-state index contributed by atoms with van der Waals surface area (Å²) in [5, 5.41) is 12.1. The largest absolute Gasteiger partial charge is 0.484 e. The molecule has 2 rings (SSSR count). The minimum absolute atomic E-state index is 0.0617. The number of carboxylic acid groups (broad SMARTS) is 1. The standard InChI is InChI=1S/C21H30N2O5/c1-15(2)11-17(21(26)27)12-22-20(25)16-7-6-10-23(13-16)19(24)14-28-18-8-4-3-5-9-18/h3-5,8-9,15-17H,6-7,10-14H2,1-2H3,(H,22,25)(H,26,27).